The van der Waals surface area contributed by atoms with E-state index in [1.165, 1.54) is 14.2 Å². The molecule has 1 amide bonds. The quantitative estimate of drug-likeness (QED) is 0.689. The molecule has 0 saturated heterocycles. The number of amides is 1. The molecule has 0 radical (unpaired) electrons. The Kier molecular flexibility index (Phi) is 7.18. The molecule has 0 aliphatic carbocycles. The highest BCUT2D eigenvalue weighted by Gasteiger charge is 2.23. The number of halogens is 1. The van der Waals surface area contributed by atoms with E-state index in [2.05, 4.69) is 0 Å². The molecule has 20 heavy (non-hydrogen) atoms. The summed E-state index contributed by atoms with van der Waals surface area (Å²) < 4.78 is 15.5. The van der Waals surface area contributed by atoms with E-state index in [4.69, 9.17) is 25.8 Å². The highest BCUT2D eigenvalue weighted by atomic mass is 35.5. The number of ether oxygens (including phenoxy) is 3. The predicted molar refractivity (Wildman–Crippen MR) is 78.0 cm³/mol. The number of hydrogen-bond acceptors (Lipinski definition) is 4. The van der Waals surface area contributed by atoms with Crippen LogP contribution in [0.1, 0.15) is 10.4 Å². The van der Waals surface area contributed by atoms with Gasteiger partial charge in [0.15, 0.2) is 0 Å². The van der Waals surface area contributed by atoms with Gasteiger partial charge in [-0.15, -0.1) is 11.6 Å². The largest absolute Gasteiger partial charge is 0.496 e. The first-order valence-corrected chi connectivity index (χ1v) is 6.78. The van der Waals surface area contributed by atoms with Crippen LogP contribution in [0.4, 0.5) is 0 Å². The van der Waals surface area contributed by atoms with E-state index in [1.807, 2.05) is 0 Å². The molecule has 0 heterocycles. The fourth-order valence-electron chi connectivity index (χ4n) is 1.84. The van der Waals surface area contributed by atoms with Gasteiger partial charge in [-0.2, -0.15) is 0 Å². The van der Waals surface area contributed by atoms with E-state index < -0.39 is 0 Å². The molecule has 5 nitrogen and oxygen atoms in total. The van der Waals surface area contributed by atoms with Gasteiger partial charge in [-0.1, -0.05) is 6.07 Å². The number of carbonyl (C=O) groups excluding carboxylic acids is 1. The lowest BCUT2D eigenvalue weighted by atomic mass is 10.1. The molecule has 0 bridgehead atoms. The van der Waals surface area contributed by atoms with Gasteiger partial charge in [0.1, 0.15) is 17.1 Å². The second kappa shape index (κ2) is 8.66. The topological polar surface area (TPSA) is 48.0 Å². The summed E-state index contributed by atoms with van der Waals surface area (Å²) in [5.74, 6) is 1.13. The van der Waals surface area contributed by atoms with Gasteiger partial charge in [-0.3, -0.25) is 4.79 Å². The summed E-state index contributed by atoms with van der Waals surface area (Å²) in [5.41, 5.74) is 0.402. The Labute approximate surface area is 124 Å². The van der Waals surface area contributed by atoms with Gasteiger partial charge < -0.3 is 19.1 Å². The van der Waals surface area contributed by atoms with Crippen molar-refractivity contribution in [2.24, 2.45) is 0 Å². The zero-order valence-electron chi connectivity index (χ0n) is 12.0. The van der Waals surface area contributed by atoms with Gasteiger partial charge in [0, 0.05) is 26.1 Å². The van der Waals surface area contributed by atoms with Crippen molar-refractivity contribution in [1.29, 1.82) is 0 Å². The number of carbonyl (C=O) groups is 1. The maximum Gasteiger partial charge on any atom is 0.261 e. The Morgan fingerprint density at radius 2 is 1.75 bits per heavy atom. The summed E-state index contributed by atoms with van der Waals surface area (Å²) in [6, 6.07) is 5.23. The third-order valence-corrected chi connectivity index (χ3v) is 3.02. The normalized spacial score (nSPS) is 10.2. The van der Waals surface area contributed by atoms with E-state index in [9.17, 15) is 4.79 Å². The molecule has 0 aliphatic rings. The second-order valence-corrected chi connectivity index (χ2v) is 4.39. The zero-order valence-corrected chi connectivity index (χ0v) is 12.8. The zero-order chi connectivity index (χ0) is 15.0. The van der Waals surface area contributed by atoms with Crippen LogP contribution in [0.15, 0.2) is 18.2 Å². The van der Waals surface area contributed by atoms with Gasteiger partial charge in [-0.25, -0.2) is 0 Å². The number of rotatable bonds is 8. The number of benzene rings is 1. The van der Waals surface area contributed by atoms with E-state index in [-0.39, 0.29) is 5.91 Å². The smallest absolute Gasteiger partial charge is 0.261 e. The first kappa shape index (κ1) is 16.6. The fourth-order valence-corrected chi connectivity index (χ4v) is 2.04. The predicted octanol–water partition coefficient (Wildman–Crippen LogP) is 2.03. The Balaban J connectivity index is 3.09. The van der Waals surface area contributed by atoms with Crippen molar-refractivity contribution in [3.8, 4) is 11.5 Å². The molecule has 0 aromatic heterocycles. The van der Waals surface area contributed by atoms with E-state index >= 15 is 0 Å². The summed E-state index contributed by atoms with van der Waals surface area (Å²) >= 11 is 5.76. The monoisotopic (exact) mass is 301 g/mol. The van der Waals surface area contributed by atoms with Gasteiger partial charge >= 0.3 is 0 Å². The Morgan fingerprint density at radius 1 is 1.15 bits per heavy atom. The first-order valence-electron chi connectivity index (χ1n) is 6.24. The lowest BCUT2D eigenvalue weighted by Gasteiger charge is -2.23. The van der Waals surface area contributed by atoms with Crippen molar-refractivity contribution >= 4 is 17.5 Å². The van der Waals surface area contributed by atoms with Crippen molar-refractivity contribution in [3.05, 3.63) is 23.8 Å². The lowest BCUT2D eigenvalue weighted by Crippen LogP contribution is -2.35. The molecular weight excluding hydrogens is 282 g/mol. The van der Waals surface area contributed by atoms with Crippen molar-refractivity contribution in [2.45, 2.75) is 0 Å². The van der Waals surface area contributed by atoms with Gasteiger partial charge in [0.25, 0.3) is 5.91 Å². The molecule has 1 aromatic carbocycles. The standard InChI is InChI=1S/C14H20ClNO4/c1-18-10-9-16(8-7-15)14(17)13-11(19-2)5-4-6-12(13)20-3/h4-6H,7-10H2,1-3H3. The minimum absolute atomic E-state index is 0.183. The molecule has 0 aliphatic heterocycles. The van der Waals surface area contributed by atoms with E-state index in [0.29, 0.717) is 42.6 Å². The SMILES string of the molecule is COCCN(CCCl)C(=O)c1c(OC)cccc1OC. The lowest BCUT2D eigenvalue weighted by molar-refractivity contribution is 0.0701. The maximum absolute atomic E-state index is 12.7. The molecule has 112 valence electrons. The molecule has 0 saturated carbocycles. The van der Waals surface area contributed by atoms with E-state index in [1.54, 1.807) is 30.2 Å². The summed E-state index contributed by atoms with van der Waals surface area (Å²) in [7, 11) is 4.63. The molecule has 0 fully saturated rings. The molecule has 6 heteroatoms. The number of alkyl halides is 1. The van der Waals surface area contributed by atoms with Crippen LogP contribution in [-0.2, 0) is 4.74 Å². The van der Waals surface area contributed by atoms with Gasteiger partial charge in [0.05, 0.1) is 20.8 Å². The van der Waals surface area contributed by atoms with Gasteiger partial charge in [0.2, 0.25) is 0 Å². The highest BCUT2D eigenvalue weighted by Crippen LogP contribution is 2.29. The van der Waals surface area contributed by atoms with Crippen molar-refractivity contribution in [1.82, 2.24) is 4.90 Å². The third-order valence-electron chi connectivity index (χ3n) is 2.85. The molecule has 1 aromatic rings. The molecule has 0 atom stereocenters. The molecule has 1 rings (SSSR count). The average molecular weight is 302 g/mol. The van der Waals surface area contributed by atoms with Crippen LogP contribution in [0, 0.1) is 0 Å². The van der Waals surface area contributed by atoms with Gasteiger partial charge in [-0.05, 0) is 12.1 Å². The molecular formula is C14H20ClNO4. The van der Waals surface area contributed by atoms with Crippen LogP contribution in [0.3, 0.4) is 0 Å². The number of nitrogens with zero attached hydrogens (tertiary/aromatic N) is 1. The Bertz CT molecular complexity index is 417. The summed E-state index contributed by atoms with van der Waals surface area (Å²) in [5, 5.41) is 0. The van der Waals surface area contributed by atoms with Crippen LogP contribution in [0.25, 0.3) is 0 Å². The first-order chi connectivity index (χ1) is 9.69. The van der Waals surface area contributed by atoms with Crippen LogP contribution < -0.4 is 9.47 Å². The Morgan fingerprint density at radius 3 is 2.20 bits per heavy atom. The maximum atomic E-state index is 12.7. The van der Waals surface area contributed by atoms with Crippen molar-refractivity contribution in [2.75, 3.05) is 46.9 Å². The van der Waals surface area contributed by atoms with Crippen molar-refractivity contribution < 1.29 is 19.0 Å². The van der Waals surface area contributed by atoms with Crippen molar-refractivity contribution in [3.63, 3.8) is 0 Å². The minimum atomic E-state index is -0.183. The fraction of sp³-hybridized carbons (Fsp3) is 0.500. The van der Waals surface area contributed by atoms with Crippen LogP contribution in [0.5, 0.6) is 11.5 Å². The average Bonchev–Trinajstić information content (AvgIpc) is 2.49. The third kappa shape index (κ3) is 4.02. The van der Waals surface area contributed by atoms with Crippen LogP contribution in [-0.4, -0.2) is 57.7 Å². The molecule has 0 N–H and O–H groups in total. The number of hydrogen-bond donors (Lipinski definition) is 0. The van der Waals surface area contributed by atoms with Crippen LogP contribution >= 0.6 is 11.6 Å². The highest BCUT2D eigenvalue weighted by molar-refractivity contribution is 6.18. The van der Waals surface area contributed by atoms with Crippen LogP contribution in [0.2, 0.25) is 0 Å². The Hall–Kier alpha value is -1.46. The minimum Gasteiger partial charge on any atom is -0.496 e. The summed E-state index contributed by atoms with van der Waals surface area (Å²) in [4.78, 5) is 14.3. The summed E-state index contributed by atoms with van der Waals surface area (Å²) in [6.07, 6.45) is 0. The molecule has 0 unspecified atom stereocenters. The van der Waals surface area contributed by atoms with E-state index in [0.717, 1.165) is 0 Å². The molecule has 0 spiro atoms. The summed E-state index contributed by atoms with van der Waals surface area (Å²) in [6.45, 7) is 1.34. The number of methoxy groups -OCH3 is 3. The second-order valence-electron chi connectivity index (χ2n) is 4.01.